The van der Waals surface area contributed by atoms with Gasteiger partial charge in [-0.2, -0.15) is 0 Å². The number of carbonyl (C=O) groups excluding carboxylic acids is 1. The predicted molar refractivity (Wildman–Crippen MR) is 89.8 cm³/mol. The molecule has 2 aromatic rings. The van der Waals surface area contributed by atoms with Gasteiger partial charge in [-0.15, -0.1) is 0 Å². The standard InChI is InChI=1S/C17H21N3O4/c1-3-4-9-14(15(21)19-11(2)17(23)24)20-10-18-13-8-6-5-7-12(13)16(20)22/h5-8,10-11,14H,3-4,9H2,1-2H3,(H,19,21)(H,23,24). The van der Waals surface area contributed by atoms with Crippen LogP contribution in [0.3, 0.4) is 0 Å². The maximum absolute atomic E-state index is 12.7. The number of nitrogens with one attached hydrogen (secondary N) is 1. The Kier molecular flexibility index (Phi) is 5.68. The van der Waals surface area contributed by atoms with Gasteiger partial charge in [-0.05, 0) is 25.5 Å². The van der Waals surface area contributed by atoms with Gasteiger partial charge in [-0.1, -0.05) is 31.9 Å². The molecule has 1 heterocycles. The van der Waals surface area contributed by atoms with E-state index in [-0.39, 0.29) is 5.56 Å². The molecule has 0 fully saturated rings. The van der Waals surface area contributed by atoms with Crippen molar-refractivity contribution in [1.29, 1.82) is 0 Å². The van der Waals surface area contributed by atoms with Crippen LogP contribution in [0.25, 0.3) is 10.9 Å². The summed E-state index contributed by atoms with van der Waals surface area (Å²) in [5.41, 5.74) is 0.257. The Bertz CT molecular complexity index is 800. The number of carboxylic acid groups (broad SMARTS) is 1. The fourth-order valence-electron chi connectivity index (χ4n) is 2.47. The second-order valence-corrected chi connectivity index (χ2v) is 5.70. The maximum Gasteiger partial charge on any atom is 0.325 e. The third-order valence-electron chi connectivity index (χ3n) is 3.89. The van der Waals surface area contributed by atoms with Gasteiger partial charge in [0.1, 0.15) is 12.1 Å². The molecule has 0 saturated heterocycles. The van der Waals surface area contributed by atoms with Crippen LogP contribution in [0, 0.1) is 0 Å². The molecule has 0 saturated carbocycles. The van der Waals surface area contributed by atoms with Gasteiger partial charge >= 0.3 is 5.97 Å². The van der Waals surface area contributed by atoms with Crippen LogP contribution in [0.15, 0.2) is 35.4 Å². The Balaban J connectivity index is 2.40. The number of fused-ring (bicyclic) bond motifs is 1. The Morgan fingerprint density at radius 3 is 2.71 bits per heavy atom. The van der Waals surface area contributed by atoms with Crippen molar-refractivity contribution in [2.45, 2.75) is 45.2 Å². The van der Waals surface area contributed by atoms with E-state index in [1.165, 1.54) is 17.8 Å². The molecule has 0 aliphatic carbocycles. The lowest BCUT2D eigenvalue weighted by molar-refractivity contribution is -0.141. The maximum atomic E-state index is 12.7. The topological polar surface area (TPSA) is 101 Å². The average molecular weight is 331 g/mol. The zero-order valence-corrected chi connectivity index (χ0v) is 13.7. The largest absolute Gasteiger partial charge is 0.480 e. The van der Waals surface area contributed by atoms with Gasteiger partial charge in [-0.3, -0.25) is 19.0 Å². The highest BCUT2D eigenvalue weighted by atomic mass is 16.4. The van der Waals surface area contributed by atoms with Gasteiger partial charge < -0.3 is 10.4 Å². The van der Waals surface area contributed by atoms with Crippen molar-refractivity contribution in [2.75, 3.05) is 0 Å². The number of aliphatic carboxylic acids is 1. The number of aromatic nitrogens is 2. The number of amides is 1. The Morgan fingerprint density at radius 1 is 1.33 bits per heavy atom. The van der Waals surface area contributed by atoms with Crippen molar-refractivity contribution in [1.82, 2.24) is 14.9 Å². The SMILES string of the molecule is CCCCC(C(=O)NC(C)C(=O)O)n1cnc2ccccc2c1=O. The van der Waals surface area contributed by atoms with Crippen LogP contribution in [-0.4, -0.2) is 32.6 Å². The van der Waals surface area contributed by atoms with Crippen LogP contribution >= 0.6 is 0 Å². The summed E-state index contributed by atoms with van der Waals surface area (Å²) in [7, 11) is 0. The molecule has 7 heteroatoms. The molecule has 1 aromatic carbocycles. The molecule has 0 aliphatic heterocycles. The fraction of sp³-hybridized carbons (Fsp3) is 0.412. The second kappa shape index (κ2) is 7.72. The molecule has 0 bridgehead atoms. The molecule has 0 radical (unpaired) electrons. The number of unbranched alkanes of at least 4 members (excludes halogenated alkanes) is 1. The van der Waals surface area contributed by atoms with E-state index in [0.29, 0.717) is 17.3 Å². The molecule has 1 aromatic heterocycles. The van der Waals surface area contributed by atoms with Gasteiger partial charge in [0.05, 0.1) is 17.2 Å². The van der Waals surface area contributed by atoms with Gasteiger partial charge in [0.2, 0.25) is 5.91 Å². The third kappa shape index (κ3) is 3.79. The van der Waals surface area contributed by atoms with Crippen molar-refractivity contribution in [3.63, 3.8) is 0 Å². The number of rotatable bonds is 7. The highest BCUT2D eigenvalue weighted by Gasteiger charge is 2.25. The fourth-order valence-corrected chi connectivity index (χ4v) is 2.47. The number of hydrogen-bond acceptors (Lipinski definition) is 4. The lowest BCUT2D eigenvalue weighted by Crippen LogP contribution is -2.44. The lowest BCUT2D eigenvalue weighted by Gasteiger charge is -2.20. The number of nitrogens with zero attached hydrogens (tertiary/aromatic N) is 2. The lowest BCUT2D eigenvalue weighted by atomic mass is 10.1. The zero-order valence-electron chi connectivity index (χ0n) is 13.7. The van der Waals surface area contributed by atoms with Crippen LogP contribution in [0.4, 0.5) is 0 Å². The Hall–Kier alpha value is -2.70. The van der Waals surface area contributed by atoms with E-state index in [4.69, 9.17) is 5.11 Å². The summed E-state index contributed by atoms with van der Waals surface area (Å²) in [6.07, 6.45) is 3.39. The van der Waals surface area contributed by atoms with Crippen molar-refractivity contribution >= 4 is 22.8 Å². The van der Waals surface area contributed by atoms with Gasteiger partial charge in [0, 0.05) is 0 Å². The summed E-state index contributed by atoms with van der Waals surface area (Å²) < 4.78 is 1.29. The van der Waals surface area contributed by atoms with E-state index in [9.17, 15) is 14.4 Å². The summed E-state index contributed by atoms with van der Waals surface area (Å²) in [4.78, 5) is 40.4. The normalized spacial score (nSPS) is 13.4. The molecule has 1 amide bonds. The molecule has 2 atom stereocenters. The van der Waals surface area contributed by atoms with Crippen LogP contribution in [0.1, 0.15) is 39.2 Å². The van der Waals surface area contributed by atoms with Crippen LogP contribution < -0.4 is 10.9 Å². The predicted octanol–water partition coefficient (Wildman–Crippen LogP) is 1.72. The molecule has 2 N–H and O–H groups in total. The molecule has 2 unspecified atom stereocenters. The zero-order chi connectivity index (χ0) is 17.7. The first-order valence-corrected chi connectivity index (χ1v) is 7.94. The quantitative estimate of drug-likeness (QED) is 0.804. The van der Waals surface area contributed by atoms with E-state index < -0.39 is 24.0 Å². The number of carboxylic acids is 1. The van der Waals surface area contributed by atoms with Gasteiger partial charge in [0.25, 0.3) is 5.56 Å². The summed E-state index contributed by atoms with van der Waals surface area (Å²) >= 11 is 0. The smallest absolute Gasteiger partial charge is 0.325 e. The number of para-hydroxylation sites is 1. The van der Waals surface area contributed by atoms with Crippen LogP contribution in [-0.2, 0) is 9.59 Å². The Morgan fingerprint density at radius 2 is 2.04 bits per heavy atom. The van der Waals surface area contributed by atoms with E-state index in [0.717, 1.165) is 12.8 Å². The molecule has 0 aliphatic rings. The Labute approximate surface area is 139 Å². The highest BCUT2D eigenvalue weighted by Crippen LogP contribution is 2.15. The van der Waals surface area contributed by atoms with E-state index >= 15 is 0 Å². The first kappa shape index (κ1) is 17.7. The van der Waals surface area contributed by atoms with E-state index in [1.54, 1.807) is 24.3 Å². The molecule has 0 spiro atoms. The first-order valence-electron chi connectivity index (χ1n) is 7.94. The van der Waals surface area contributed by atoms with Crippen molar-refractivity contribution in [2.24, 2.45) is 0 Å². The van der Waals surface area contributed by atoms with Crippen LogP contribution in [0.5, 0.6) is 0 Å². The van der Waals surface area contributed by atoms with Crippen LogP contribution in [0.2, 0.25) is 0 Å². The molecular weight excluding hydrogens is 310 g/mol. The number of carbonyl (C=O) groups is 2. The van der Waals surface area contributed by atoms with Crippen molar-refractivity contribution < 1.29 is 14.7 Å². The number of benzene rings is 1. The van der Waals surface area contributed by atoms with E-state index in [1.807, 2.05) is 6.92 Å². The monoisotopic (exact) mass is 331 g/mol. The molecule has 128 valence electrons. The van der Waals surface area contributed by atoms with E-state index in [2.05, 4.69) is 10.3 Å². The minimum atomic E-state index is -1.12. The third-order valence-corrected chi connectivity index (χ3v) is 3.89. The molecule has 2 rings (SSSR count). The summed E-state index contributed by atoms with van der Waals surface area (Å²) in [6, 6.07) is 5.12. The second-order valence-electron chi connectivity index (χ2n) is 5.70. The van der Waals surface area contributed by atoms with Gasteiger partial charge in [0.15, 0.2) is 0 Å². The number of hydrogen-bond donors (Lipinski definition) is 2. The van der Waals surface area contributed by atoms with Crippen molar-refractivity contribution in [3.8, 4) is 0 Å². The first-order chi connectivity index (χ1) is 11.5. The minimum absolute atomic E-state index is 0.306. The molecule has 24 heavy (non-hydrogen) atoms. The molecule has 7 nitrogen and oxygen atoms in total. The summed E-state index contributed by atoms with van der Waals surface area (Å²) in [5.74, 6) is -1.61. The summed E-state index contributed by atoms with van der Waals surface area (Å²) in [6.45, 7) is 3.37. The minimum Gasteiger partial charge on any atom is -0.480 e. The molecular formula is C17H21N3O4. The average Bonchev–Trinajstić information content (AvgIpc) is 2.57. The van der Waals surface area contributed by atoms with Gasteiger partial charge in [-0.25, -0.2) is 4.98 Å². The summed E-state index contributed by atoms with van der Waals surface area (Å²) in [5, 5.41) is 11.8. The van der Waals surface area contributed by atoms with Crippen molar-refractivity contribution in [3.05, 3.63) is 40.9 Å². The highest BCUT2D eigenvalue weighted by molar-refractivity contribution is 5.86.